The van der Waals surface area contributed by atoms with Gasteiger partial charge >= 0.3 is 5.97 Å². The van der Waals surface area contributed by atoms with E-state index in [1.54, 1.807) is 13.0 Å². The van der Waals surface area contributed by atoms with Gasteiger partial charge in [-0.1, -0.05) is 0 Å². The number of nitrogens with one attached hydrogen (secondary N) is 1. The normalized spacial score (nSPS) is 15.7. The van der Waals surface area contributed by atoms with Crippen LogP contribution in [0.1, 0.15) is 34.0 Å². The highest BCUT2D eigenvalue weighted by atomic mass is 32.1. The maximum absolute atomic E-state index is 12.2. The molecule has 0 saturated heterocycles. The lowest BCUT2D eigenvalue weighted by Gasteiger charge is -2.11. The molecule has 0 atom stereocenters. The van der Waals surface area contributed by atoms with Crippen molar-refractivity contribution in [1.29, 1.82) is 0 Å². The third kappa shape index (κ3) is 2.44. The van der Waals surface area contributed by atoms with Gasteiger partial charge in [0.1, 0.15) is 16.2 Å². The van der Waals surface area contributed by atoms with Crippen LogP contribution in [-0.4, -0.2) is 27.5 Å². The monoisotopic (exact) mass is 306 g/mol. The van der Waals surface area contributed by atoms with Gasteiger partial charge in [-0.3, -0.25) is 4.79 Å². The van der Waals surface area contributed by atoms with E-state index < -0.39 is 11.5 Å². The maximum atomic E-state index is 12.2. The van der Waals surface area contributed by atoms with Crippen molar-refractivity contribution in [2.24, 2.45) is 0 Å². The minimum atomic E-state index is -1.09. The Hall–Kier alpha value is -2.15. The first-order chi connectivity index (χ1) is 9.91. The van der Waals surface area contributed by atoms with Gasteiger partial charge in [0.2, 0.25) is 0 Å². The number of carboxylic acids is 1. The molecule has 110 valence electrons. The summed E-state index contributed by atoms with van der Waals surface area (Å²) in [6, 6.07) is 3.63. The number of hydrogen-bond acceptors (Lipinski definition) is 5. The Morgan fingerprint density at radius 1 is 1.38 bits per heavy atom. The number of aromatic nitrogens is 1. The van der Waals surface area contributed by atoms with E-state index in [0.717, 1.165) is 5.76 Å². The number of aryl methyl sites for hydroxylation is 2. The molecule has 21 heavy (non-hydrogen) atoms. The van der Waals surface area contributed by atoms with Crippen LogP contribution in [0, 0.1) is 13.8 Å². The molecule has 2 N–H and O–H groups in total. The molecule has 6 nitrogen and oxygen atoms in total. The zero-order chi connectivity index (χ0) is 15.2. The van der Waals surface area contributed by atoms with E-state index in [4.69, 9.17) is 9.52 Å². The summed E-state index contributed by atoms with van der Waals surface area (Å²) >= 11 is 1.20. The average Bonchev–Trinajstić information content (AvgIpc) is 2.90. The van der Waals surface area contributed by atoms with Gasteiger partial charge in [-0.15, -0.1) is 11.3 Å². The minimum Gasteiger partial charge on any atom is -0.480 e. The number of hydrogen-bond donors (Lipinski definition) is 2. The Labute approximate surface area is 124 Å². The molecule has 1 amide bonds. The Balaban J connectivity index is 1.84. The zero-order valence-corrected chi connectivity index (χ0v) is 12.4. The van der Waals surface area contributed by atoms with Crippen LogP contribution in [0.5, 0.6) is 0 Å². The Bertz CT molecular complexity index is 727. The van der Waals surface area contributed by atoms with Crippen molar-refractivity contribution in [3.05, 3.63) is 28.5 Å². The van der Waals surface area contributed by atoms with Gasteiger partial charge in [0.05, 0.1) is 5.69 Å². The summed E-state index contributed by atoms with van der Waals surface area (Å²) in [5.41, 5.74) is -0.516. The molecule has 2 heterocycles. The highest BCUT2D eigenvalue weighted by molar-refractivity contribution is 7.17. The van der Waals surface area contributed by atoms with Gasteiger partial charge in [0.15, 0.2) is 10.8 Å². The molecule has 0 radical (unpaired) electrons. The number of amides is 1. The summed E-state index contributed by atoms with van der Waals surface area (Å²) in [7, 11) is 0. The molecule has 7 heteroatoms. The number of furan rings is 1. The van der Waals surface area contributed by atoms with E-state index in [0.29, 0.717) is 34.2 Å². The summed E-state index contributed by atoms with van der Waals surface area (Å²) in [5.74, 6) is 0.00464. The molecule has 0 aliphatic heterocycles. The van der Waals surface area contributed by atoms with Crippen molar-refractivity contribution in [1.82, 2.24) is 10.3 Å². The average molecular weight is 306 g/mol. The number of rotatable bonds is 4. The summed E-state index contributed by atoms with van der Waals surface area (Å²) in [4.78, 5) is 28.1. The van der Waals surface area contributed by atoms with Crippen molar-refractivity contribution in [2.75, 3.05) is 0 Å². The molecule has 0 bridgehead atoms. The lowest BCUT2D eigenvalue weighted by Crippen LogP contribution is -2.42. The van der Waals surface area contributed by atoms with Crippen LogP contribution in [0.3, 0.4) is 0 Å². The molecule has 2 aromatic heterocycles. The quantitative estimate of drug-likeness (QED) is 0.904. The van der Waals surface area contributed by atoms with Crippen molar-refractivity contribution >= 4 is 23.2 Å². The molecular weight excluding hydrogens is 292 g/mol. The first kappa shape index (κ1) is 13.8. The van der Waals surface area contributed by atoms with Crippen LogP contribution in [0.4, 0.5) is 0 Å². The molecule has 0 spiro atoms. The van der Waals surface area contributed by atoms with Crippen LogP contribution in [0.25, 0.3) is 10.8 Å². The second-order valence-corrected chi connectivity index (χ2v) is 6.18. The fourth-order valence-electron chi connectivity index (χ4n) is 2.05. The summed E-state index contributed by atoms with van der Waals surface area (Å²) in [6.07, 6.45) is 0.937. The van der Waals surface area contributed by atoms with Crippen LogP contribution >= 0.6 is 11.3 Å². The molecule has 1 aliphatic carbocycles. The predicted octanol–water partition coefficient (Wildman–Crippen LogP) is 2.37. The number of carbonyl (C=O) groups excluding carboxylic acids is 1. The van der Waals surface area contributed by atoms with Crippen molar-refractivity contribution in [3.63, 3.8) is 0 Å². The third-order valence-corrected chi connectivity index (χ3v) is 4.64. The first-order valence-electron chi connectivity index (χ1n) is 6.51. The largest absolute Gasteiger partial charge is 0.480 e. The van der Waals surface area contributed by atoms with Crippen LogP contribution < -0.4 is 5.32 Å². The fourth-order valence-corrected chi connectivity index (χ4v) is 2.98. The standard InChI is InChI=1S/C14H14N2O4S/c1-7-3-4-9(20-7)12-15-8(2)10(21-12)11(17)16-14(5-6-14)13(18)19/h3-4H,5-6H2,1-2H3,(H,16,17)(H,18,19). The molecule has 0 aromatic carbocycles. The second-order valence-electron chi connectivity index (χ2n) is 5.19. The molecule has 3 rings (SSSR count). The van der Waals surface area contributed by atoms with Gasteiger partial charge in [-0.05, 0) is 38.8 Å². The van der Waals surface area contributed by atoms with Crippen LogP contribution in [0.15, 0.2) is 16.5 Å². The molecule has 2 aromatic rings. The maximum Gasteiger partial charge on any atom is 0.329 e. The van der Waals surface area contributed by atoms with Gasteiger partial charge in [-0.2, -0.15) is 0 Å². The zero-order valence-electron chi connectivity index (χ0n) is 11.6. The highest BCUT2D eigenvalue weighted by Gasteiger charge is 2.52. The molecule has 1 saturated carbocycles. The number of nitrogens with zero attached hydrogens (tertiary/aromatic N) is 1. The third-order valence-electron chi connectivity index (χ3n) is 3.47. The van der Waals surface area contributed by atoms with Crippen molar-refractivity contribution in [3.8, 4) is 10.8 Å². The lowest BCUT2D eigenvalue weighted by atomic mass is 10.2. The van der Waals surface area contributed by atoms with E-state index in [1.165, 1.54) is 11.3 Å². The Kier molecular flexibility index (Phi) is 3.09. The summed E-state index contributed by atoms with van der Waals surface area (Å²) in [5, 5.41) is 12.3. The molecule has 0 unspecified atom stereocenters. The van der Waals surface area contributed by atoms with Crippen LogP contribution in [-0.2, 0) is 4.79 Å². The van der Waals surface area contributed by atoms with Crippen molar-refractivity contribution in [2.45, 2.75) is 32.2 Å². The number of carbonyl (C=O) groups is 2. The highest BCUT2D eigenvalue weighted by Crippen LogP contribution is 2.37. The molecule has 1 fully saturated rings. The lowest BCUT2D eigenvalue weighted by molar-refractivity contribution is -0.140. The fraction of sp³-hybridized carbons (Fsp3) is 0.357. The molecule has 1 aliphatic rings. The summed E-state index contributed by atoms with van der Waals surface area (Å²) < 4.78 is 5.49. The van der Waals surface area contributed by atoms with Crippen LogP contribution in [0.2, 0.25) is 0 Å². The summed E-state index contributed by atoms with van der Waals surface area (Å²) in [6.45, 7) is 3.56. The van der Waals surface area contributed by atoms with Gasteiger partial charge in [0, 0.05) is 0 Å². The SMILES string of the molecule is Cc1ccc(-c2nc(C)c(C(=O)NC3(C(=O)O)CC3)s2)o1. The van der Waals surface area contributed by atoms with Gasteiger partial charge in [0.25, 0.3) is 5.91 Å². The number of thiazole rings is 1. The predicted molar refractivity (Wildman–Crippen MR) is 76.4 cm³/mol. The second kappa shape index (κ2) is 4.70. The molecular formula is C14H14N2O4S. The van der Waals surface area contributed by atoms with Gasteiger partial charge in [-0.25, -0.2) is 9.78 Å². The van der Waals surface area contributed by atoms with Gasteiger partial charge < -0.3 is 14.8 Å². The van der Waals surface area contributed by atoms with E-state index in [9.17, 15) is 9.59 Å². The topological polar surface area (TPSA) is 92.4 Å². The van der Waals surface area contributed by atoms with E-state index >= 15 is 0 Å². The van der Waals surface area contributed by atoms with E-state index in [1.807, 2.05) is 13.0 Å². The Morgan fingerprint density at radius 3 is 2.62 bits per heavy atom. The smallest absolute Gasteiger partial charge is 0.329 e. The minimum absolute atomic E-state index is 0.389. The van der Waals surface area contributed by atoms with E-state index in [2.05, 4.69) is 10.3 Å². The van der Waals surface area contributed by atoms with E-state index in [-0.39, 0.29) is 5.91 Å². The number of aliphatic carboxylic acids is 1. The Morgan fingerprint density at radius 2 is 2.10 bits per heavy atom. The number of carboxylic acid groups (broad SMARTS) is 1. The van der Waals surface area contributed by atoms with Crippen molar-refractivity contribution < 1.29 is 19.1 Å². The first-order valence-corrected chi connectivity index (χ1v) is 7.33.